The highest BCUT2D eigenvalue weighted by Crippen LogP contribution is 2.30. The van der Waals surface area contributed by atoms with E-state index >= 15 is 0 Å². The second-order valence-corrected chi connectivity index (χ2v) is 4.68. The van der Waals surface area contributed by atoms with Gasteiger partial charge in [-0.3, -0.25) is 0 Å². The smallest absolute Gasteiger partial charge is 0.0644 e. The largest absolute Gasteiger partial charge is 0.0843 e. The maximum Gasteiger partial charge on any atom is 0.0644 e. The Morgan fingerprint density at radius 3 is 1.93 bits per heavy atom. The van der Waals surface area contributed by atoms with Crippen molar-refractivity contribution in [2.45, 2.75) is 4.83 Å². The molecule has 2 aromatic carbocycles. The molecule has 0 N–H and O–H groups in total. The molecule has 0 spiro atoms. The van der Waals surface area contributed by atoms with Crippen molar-refractivity contribution in [3.8, 4) is 0 Å². The number of hydrogen-bond acceptors (Lipinski definition) is 0. The van der Waals surface area contributed by atoms with E-state index in [0.717, 1.165) is 5.02 Å². The van der Waals surface area contributed by atoms with Crippen LogP contribution in [-0.4, -0.2) is 0 Å². The van der Waals surface area contributed by atoms with Crippen molar-refractivity contribution < 1.29 is 0 Å². The van der Waals surface area contributed by atoms with Gasteiger partial charge in [-0.1, -0.05) is 70.0 Å². The first kappa shape index (κ1) is 10.7. The molecule has 0 fully saturated rings. The topological polar surface area (TPSA) is 0 Å². The van der Waals surface area contributed by atoms with E-state index in [1.54, 1.807) is 0 Å². The predicted molar refractivity (Wildman–Crippen MR) is 68.7 cm³/mol. The van der Waals surface area contributed by atoms with Crippen molar-refractivity contribution in [2.75, 3.05) is 0 Å². The van der Waals surface area contributed by atoms with Gasteiger partial charge < -0.3 is 0 Å². The molecule has 0 aliphatic carbocycles. The van der Waals surface area contributed by atoms with Gasteiger partial charge in [0.05, 0.1) is 4.83 Å². The van der Waals surface area contributed by atoms with Crippen molar-refractivity contribution in [3.63, 3.8) is 0 Å². The molecule has 0 amide bonds. The molecular weight excluding hydrogens is 272 g/mol. The third-order valence-electron chi connectivity index (χ3n) is 2.25. The van der Waals surface area contributed by atoms with Crippen LogP contribution in [0.4, 0.5) is 0 Å². The minimum atomic E-state index is 0.232. The second-order valence-electron chi connectivity index (χ2n) is 3.32. The van der Waals surface area contributed by atoms with E-state index in [-0.39, 0.29) is 4.83 Å². The quantitative estimate of drug-likeness (QED) is 0.692. The van der Waals surface area contributed by atoms with E-state index in [1.807, 2.05) is 42.5 Å². The van der Waals surface area contributed by atoms with E-state index in [2.05, 4.69) is 28.1 Å². The summed E-state index contributed by atoms with van der Waals surface area (Å²) in [6.07, 6.45) is 0. The molecule has 76 valence electrons. The predicted octanol–water partition coefficient (Wildman–Crippen LogP) is 4.82. The molecule has 2 heteroatoms. The van der Waals surface area contributed by atoms with Crippen molar-refractivity contribution >= 4 is 27.5 Å². The molecular formula is C13H10BrCl. The van der Waals surface area contributed by atoms with Gasteiger partial charge in [-0.25, -0.2) is 0 Å². The van der Waals surface area contributed by atoms with Crippen LogP contribution in [0.1, 0.15) is 16.0 Å². The van der Waals surface area contributed by atoms with Crippen LogP contribution < -0.4 is 0 Å². The lowest BCUT2D eigenvalue weighted by Crippen LogP contribution is -1.91. The summed E-state index contributed by atoms with van der Waals surface area (Å²) in [5.41, 5.74) is 2.46. The highest BCUT2D eigenvalue weighted by molar-refractivity contribution is 9.09. The molecule has 2 aromatic rings. The van der Waals surface area contributed by atoms with Crippen molar-refractivity contribution in [2.24, 2.45) is 0 Å². The average molecular weight is 282 g/mol. The minimum absolute atomic E-state index is 0.232. The van der Waals surface area contributed by atoms with Gasteiger partial charge in [-0.05, 0) is 23.3 Å². The Hall–Kier alpha value is -0.790. The molecule has 0 radical (unpaired) electrons. The average Bonchev–Trinajstić information content (AvgIpc) is 2.30. The lowest BCUT2D eigenvalue weighted by molar-refractivity contribution is 1.18. The van der Waals surface area contributed by atoms with E-state index in [9.17, 15) is 0 Å². The molecule has 0 saturated carbocycles. The van der Waals surface area contributed by atoms with Gasteiger partial charge in [0.2, 0.25) is 0 Å². The Morgan fingerprint density at radius 1 is 0.800 bits per heavy atom. The van der Waals surface area contributed by atoms with Crippen LogP contribution in [-0.2, 0) is 0 Å². The van der Waals surface area contributed by atoms with Crippen molar-refractivity contribution in [1.29, 1.82) is 0 Å². The Kier molecular flexibility index (Phi) is 3.45. The number of alkyl halides is 1. The fourth-order valence-corrected chi connectivity index (χ4v) is 2.18. The molecule has 0 heterocycles. The van der Waals surface area contributed by atoms with Crippen molar-refractivity contribution in [3.05, 3.63) is 70.7 Å². The van der Waals surface area contributed by atoms with Gasteiger partial charge in [-0.15, -0.1) is 0 Å². The van der Waals surface area contributed by atoms with Crippen LogP contribution in [0, 0.1) is 0 Å². The zero-order valence-corrected chi connectivity index (χ0v) is 10.4. The maximum absolute atomic E-state index is 5.85. The van der Waals surface area contributed by atoms with Gasteiger partial charge in [0, 0.05) is 5.02 Å². The molecule has 1 atom stereocenters. The zero-order chi connectivity index (χ0) is 10.7. The van der Waals surface area contributed by atoms with E-state index in [0.29, 0.717) is 0 Å². The Bertz CT molecular complexity index is 422. The van der Waals surface area contributed by atoms with Crippen LogP contribution in [0.25, 0.3) is 0 Å². The third kappa shape index (κ3) is 2.61. The van der Waals surface area contributed by atoms with E-state index in [4.69, 9.17) is 11.6 Å². The second kappa shape index (κ2) is 4.82. The molecule has 0 unspecified atom stereocenters. The van der Waals surface area contributed by atoms with Gasteiger partial charge in [0.1, 0.15) is 0 Å². The third-order valence-corrected chi connectivity index (χ3v) is 3.56. The van der Waals surface area contributed by atoms with E-state index < -0.39 is 0 Å². The Labute approximate surface area is 103 Å². The molecule has 0 saturated heterocycles. The summed E-state index contributed by atoms with van der Waals surface area (Å²) in [5, 5.41) is 0.770. The number of benzene rings is 2. The summed E-state index contributed by atoms with van der Waals surface area (Å²) in [7, 11) is 0. The Morgan fingerprint density at radius 2 is 1.33 bits per heavy atom. The summed E-state index contributed by atoms with van der Waals surface area (Å²) in [6, 6.07) is 18.2. The fraction of sp³-hybridized carbons (Fsp3) is 0.0769. The highest BCUT2D eigenvalue weighted by Gasteiger charge is 2.08. The molecule has 15 heavy (non-hydrogen) atoms. The summed E-state index contributed by atoms with van der Waals surface area (Å²) < 4.78 is 0. The fourth-order valence-electron chi connectivity index (χ4n) is 1.45. The summed E-state index contributed by atoms with van der Waals surface area (Å²) in [4.78, 5) is 0.232. The first-order valence-electron chi connectivity index (χ1n) is 4.72. The maximum atomic E-state index is 5.85. The molecule has 0 bridgehead atoms. The lowest BCUT2D eigenvalue weighted by atomic mass is 10.1. The summed E-state index contributed by atoms with van der Waals surface area (Å²) in [5.74, 6) is 0. The standard InChI is InChI=1S/C13H10BrCl/c14-13(10-4-2-1-3-5-10)11-6-8-12(15)9-7-11/h1-9,13H/t13-/m0/s1. The molecule has 0 nitrogen and oxygen atoms in total. The van der Waals surface area contributed by atoms with Crippen LogP contribution >= 0.6 is 27.5 Å². The zero-order valence-electron chi connectivity index (χ0n) is 8.03. The summed E-state index contributed by atoms with van der Waals surface area (Å²) >= 11 is 9.52. The highest BCUT2D eigenvalue weighted by atomic mass is 79.9. The molecule has 0 aliphatic rings. The SMILES string of the molecule is Clc1ccc([C@@H](Br)c2ccccc2)cc1. The van der Waals surface area contributed by atoms with Gasteiger partial charge in [-0.2, -0.15) is 0 Å². The molecule has 2 rings (SSSR count). The first-order valence-corrected chi connectivity index (χ1v) is 6.01. The normalized spacial score (nSPS) is 12.4. The summed E-state index contributed by atoms with van der Waals surface area (Å²) in [6.45, 7) is 0. The Balaban J connectivity index is 2.29. The van der Waals surface area contributed by atoms with E-state index in [1.165, 1.54) is 11.1 Å². The number of halogens is 2. The first-order chi connectivity index (χ1) is 7.27. The molecule has 0 aliphatic heterocycles. The molecule has 0 aromatic heterocycles. The number of hydrogen-bond donors (Lipinski definition) is 0. The van der Waals surface area contributed by atoms with Crippen molar-refractivity contribution in [1.82, 2.24) is 0 Å². The number of rotatable bonds is 2. The van der Waals surface area contributed by atoms with Crippen LogP contribution in [0.2, 0.25) is 5.02 Å². The van der Waals surface area contributed by atoms with Crippen LogP contribution in [0.15, 0.2) is 54.6 Å². The van der Waals surface area contributed by atoms with Gasteiger partial charge >= 0.3 is 0 Å². The van der Waals surface area contributed by atoms with Crippen LogP contribution in [0.3, 0.4) is 0 Å². The lowest BCUT2D eigenvalue weighted by Gasteiger charge is -2.10. The minimum Gasteiger partial charge on any atom is -0.0843 e. The monoisotopic (exact) mass is 280 g/mol. The van der Waals surface area contributed by atoms with Gasteiger partial charge in [0.15, 0.2) is 0 Å². The van der Waals surface area contributed by atoms with Crippen LogP contribution in [0.5, 0.6) is 0 Å². The van der Waals surface area contributed by atoms with Gasteiger partial charge in [0.25, 0.3) is 0 Å².